The zero-order valence-electron chi connectivity index (χ0n) is 12.0. The van der Waals surface area contributed by atoms with Crippen molar-refractivity contribution in [2.24, 2.45) is 0 Å². The summed E-state index contributed by atoms with van der Waals surface area (Å²) in [7, 11) is -3.04. The van der Waals surface area contributed by atoms with E-state index in [1.807, 2.05) is 11.8 Å². The summed E-state index contributed by atoms with van der Waals surface area (Å²) < 4.78 is 26.3. The van der Waals surface area contributed by atoms with Crippen LogP contribution in [0.2, 0.25) is 0 Å². The Balaban J connectivity index is 1.70. The first kappa shape index (κ1) is 15.6. The fourth-order valence-electron chi connectivity index (χ4n) is 2.49. The van der Waals surface area contributed by atoms with Gasteiger partial charge in [-0.05, 0) is 32.2 Å². The molecule has 2 rings (SSSR count). The van der Waals surface area contributed by atoms with Gasteiger partial charge in [0.05, 0.1) is 5.75 Å². The molecule has 19 heavy (non-hydrogen) atoms. The molecule has 0 aromatic heterocycles. The van der Waals surface area contributed by atoms with Crippen LogP contribution in [-0.4, -0.2) is 54.7 Å². The fourth-order valence-corrected chi connectivity index (χ4v) is 5.73. The molecule has 2 atom stereocenters. The van der Waals surface area contributed by atoms with E-state index in [1.165, 1.54) is 12.8 Å². The maximum atomic E-state index is 12.3. The van der Waals surface area contributed by atoms with Crippen molar-refractivity contribution < 1.29 is 8.42 Å². The lowest BCUT2D eigenvalue weighted by Crippen LogP contribution is -2.44. The molecule has 0 bridgehead atoms. The van der Waals surface area contributed by atoms with Gasteiger partial charge in [0.2, 0.25) is 10.0 Å². The van der Waals surface area contributed by atoms with Crippen LogP contribution in [0.5, 0.6) is 0 Å². The summed E-state index contributed by atoms with van der Waals surface area (Å²) in [6.45, 7) is 6.54. The Kier molecular flexibility index (Phi) is 5.57. The second-order valence-corrected chi connectivity index (χ2v) is 9.80. The van der Waals surface area contributed by atoms with Crippen LogP contribution < -0.4 is 5.32 Å². The van der Waals surface area contributed by atoms with Crippen molar-refractivity contribution in [3.8, 4) is 0 Å². The molecule has 1 saturated carbocycles. The fraction of sp³-hybridized carbons (Fsp3) is 1.00. The monoisotopic (exact) mass is 306 g/mol. The minimum Gasteiger partial charge on any atom is -0.314 e. The Morgan fingerprint density at radius 1 is 1.16 bits per heavy atom. The maximum absolute atomic E-state index is 12.3. The number of sulfonamides is 1. The number of rotatable bonds is 7. The molecule has 1 heterocycles. The zero-order chi connectivity index (χ0) is 13.9. The highest BCUT2D eigenvalue weighted by atomic mass is 32.2. The van der Waals surface area contributed by atoms with Crippen molar-refractivity contribution in [3.63, 3.8) is 0 Å². The predicted octanol–water partition coefficient (Wildman–Crippen LogP) is 1.67. The van der Waals surface area contributed by atoms with Crippen molar-refractivity contribution in [1.82, 2.24) is 9.62 Å². The standard InChI is InChI=1S/C13H26N2O2S2/c1-11-9-15(10-12(2)18-11)19(16,17)8-4-3-7-14-13-5-6-13/h11-14H,3-10H2,1-2H3. The first-order valence-electron chi connectivity index (χ1n) is 7.34. The van der Waals surface area contributed by atoms with Crippen molar-refractivity contribution >= 4 is 21.8 Å². The van der Waals surface area contributed by atoms with E-state index in [-0.39, 0.29) is 0 Å². The molecule has 2 aliphatic rings. The Morgan fingerprint density at radius 3 is 2.37 bits per heavy atom. The van der Waals surface area contributed by atoms with Gasteiger partial charge in [0, 0.05) is 29.6 Å². The largest absolute Gasteiger partial charge is 0.314 e. The minimum atomic E-state index is -3.04. The van der Waals surface area contributed by atoms with E-state index in [4.69, 9.17) is 0 Å². The SMILES string of the molecule is CC1CN(S(=O)(=O)CCCCNC2CC2)CC(C)S1. The molecule has 2 fully saturated rings. The van der Waals surface area contributed by atoms with Crippen LogP contribution in [0, 0.1) is 0 Å². The van der Waals surface area contributed by atoms with Crippen molar-refractivity contribution in [1.29, 1.82) is 0 Å². The zero-order valence-corrected chi connectivity index (χ0v) is 13.6. The third-order valence-corrected chi connectivity index (χ3v) is 6.74. The van der Waals surface area contributed by atoms with Crippen LogP contribution in [0.25, 0.3) is 0 Å². The van der Waals surface area contributed by atoms with Crippen molar-refractivity contribution in [3.05, 3.63) is 0 Å². The summed E-state index contributed by atoms with van der Waals surface area (Å²) >= 11 is 1.89. The van der Waals surface area contributed by atoms with Crippen LogP contribution in [0.15, 0.2) is 0 Å². The van der Waals surface area contributed by atoms with Gasteiger partial charge in [-0.1, -0.05) is 13.8 Å². The smallest absolute Gasteiger partial charge is 0.214 e. The van der Waals surface area contributed by atoms with Gasteiger partial charge in [0.1, 0.15) is 0 Å². The molecule has 2 unspecified atom stereocenters. The van der Waals surface area contributed by atoms with Gasteiger partial charge in [-0.3, -0.25) is 0 Å². The van der Waals surface area contributed by atoms with E-state index in [0.29, 0.717) is 29.3 Å². The molecular weight excluding hydrogens is 280 g/mol. The number of hydrogen-bond acceptors (Lipinski definition) is 4. The van der Waals surface area contributed by atoms with Crippen molar-refractivity contribution in [2.45, 2.75) is 56.1 Å². The first-order valence-corrected chi connectivity index (χ1v) is 9.89. The topological polar surface area (TPSA) is 49.4 Å². The third kappa shape index (κ3) is 5.25. The summed E-state index contributed by atoms with van der Waals surface area (Å²) in [5.41, 5.74) is 0. The van der Waals surface area contributed by atoms with Crippen LogP contribution in [0.4, 0.5) is 0 Å². The normalized spacial score (nSPS) is 29.6. The number of nitrogens with zero attached hydrogens (tertiary/aromatic N) is 1. The molecular formula is C13H26N2O2S2. The molecule has 112 valence electrons. The molecule has 0 spiro atoms. The summed E-state index contributed by atoms with van der Waals surface area (Å²) in [5, 5.41) is 4.25. The lowest BCUT2D eigenvalue weighted by Gasteiger charge is -2.33. The van der Waals surface area contributed by atoms with E-state index in [2.05, 4.69) is 19.2 Å². The van der Waals surface area contributed by atoms with Gasteiger partial charge in [0.25, 0.3) is 0 Å². The molecule has 6 heteroatoms. The summed E-state index contributed by atoms with van der Waals surface area (Å²) in [6.07, 6.45) is 4.32. The van der Waals surface area contributed by atoms with Gasteiger partial charge in [-0.15, -0.1) is 0 Å². The second kappa shape index (κ2) is 6.78. The molecule has 0 amide bonds. The Hall–Kier alpha value is 0.220. The maximum Gasteiger partial charge on any atom is 0.214 e. The van der Waals surface area contributed by atoms with Gasteiger partial charge < -0.3 is 5.32 Å². The summed E-state index contributed by atoms with van der Waals surface area (Å²) in [4.78, 5) is 0. The molecule has 4 nitrogen and oxygen atoms in total. The number of nitrogens with one attached hydrogen (secondary N) is 1. The van der Waals surface area contributed by atoms with E-state index < -0.39 is 10.0 Å². The highest BCUT2D eigenvalue weighted by Crippen LogP contribution is 2.26. The van der Waals surface area contributed by atoms with E-state index >= 15 is 0 Å². The highest BCUT2D eigenvalue weighted by molar-refractivity contribution is 8.00. The third-order valence-electron chi connectivity index (χ3n) is 3.62. The van der Waals surface area contributed by atoms with Crippen molar-refractivity contribution in [2.75, 3.05) is 25.4 Å². The summed E-state index contributed by atoms with van der Waals surface area (Å²) in [6, 6.07) is 0.720. The molecule has 1 aliphatic carbocycles. The first-order chi connectivity index (χ1) is 8.97. The highest BCUT2D eigenvalue weighted by Gasteiger charge is 2.30. The van der Waals surface area contributed by atoms with E-state index in [0.717, 1.165) is 25.4 Å². The van der Waals surface area contributed by atoms with Gasteiger partial charge in [0.15, 0.2) is 0 Å². The lowest BCUT2D eigenvalue weighted by molar-refractivity contribution is 0.403. The van der Waals surface area contributed by atoms with Crippen LogP contribution >= 0.6 is 11.8 Å². The van der Waals surface area contributed by atoms with E-state index in [1.54, 1.807) is 4.31 Å². The minimum absolute atomic E-state index is 0.309. The molecule has 0 aromatic rings. The van der Waals surface area contributed by atoms with Crippen LogP contribution in [0.3, 0.4) is 0 Å². The average Bonchev–Trinajstić information content (AvgIpc) is 3.11. The Bertz CT molecular complexity index is 372. The van der Waals surface area contributed by atoms with Crippen LogP contribution in [-0.2, 0) is 10.0 Å². The number of thioether (sulfide) groups is 1. The molecule has 1 N–H and O–H groups in total. The van der Waals surface area contributed by atoms with Gasteiger partial charge >= 0.3 is 0 Å². The van der Waals surface area contributed by atoms with E-state index in [9.17, 15) is 8.42 Å². The Morgan fingerprint density at radius 2 is 1.79 bits per heavy atom. The molecule has 1 aliphatic heterocycles. The molecule has 0 aromatic carbocycles. The number of unbranched alkanes of at least 4 members (excludes halogenated alkanes) is 1. The van der Waals surface area contributed by atoms with Gasteiger partial charge in [-0.2, -0.15) is 16.1 Å². The quantitative estimate of drug-likeness (QED) is 0.727. The molecule has 0 radical (unpaired) electrons. The average molecular weight is 306 g/mol. The Labute approximate surface area is 121 Å². The second-order valence-electron chi connectivity index (χ2n) is 5.83. The molecule has 1 saturated heterocycles. The summed E-state index contributed by atoms with van der Waals surface area (Å²) in [5.74, 6) is 0.309. The predicted molar refractivity (Wildman–Crippen MR) is 82.1 cm³/mol. The number of hydrogen-bond donors (Lipinski definition) is 1. The van der Waals surface area contributed by atoms with Crippen LogP contribution in [0.1, 0.15) is 39.5 Å². The lowest BCUT2D eigenvalue weighted by atomic mass is 10.3. The van der Waals surface area contributed by atoms with Gasteiger partial charge in [-0.25, -0.2) is 8.42 Å².